The van der Waals surface area contributed by atoms with Crippen LogP contribution in [0.4, 0.5) is 0 Å². The molecule has 1 aliphatic heterocycles. The minimum atomic E-state index is -1.11. The molecular formula is C14H20ClNO8. The van der Waals surface area contributed by atoms with Crippen LogP contribution in [0.15, 0.2) is 0 Å². The Balaban J connectivity index is 3.11. The highest BCUT2D eigenvalue weighted by molar-refractivity contribution is 6.20. The highest BCUT2D eigenvalue weighted by Gasteiger charge is 2.50. The van der Waals surface area contributed by atoms with Crippen LogP contribution in [0.5, 0.6) is 0 Å². The topological polar surface area (TPSA) is 117 Å². The van der Waals surface area contributed by atoms with Gasteiger partial charge in [0, 0.05) is 27.7 Å². The third kappa shape index (κ3) is 5.97. The van der Waals surface area contributed by atoms with Crippen molar-refractivity contribution < 1.29 is 38.1 Å². The number of carbonyl (C=O) groups excluding carboxylic acids is 4. The number of esters is 3. The Labute approximate surface area is 143 Å². The second kappa shape index (κ2) is 8.84. The van der Waals surface area contributed by atoms with E-state index < -0.39 is 53.7 Å². The van der Waals surface area contributed by atoms with E-state index in [0.29, 0.717) is 0 Å². The van der Waals surface area contributed by atoms with Crippen LogP contribution in [0.1, 0.15) is 27.7 Å². The number of carbonyl (C=O) groups is 4. The zero-order valence-corrected chi connectivity index (χ0v) is 14.5. The maximum atomic E-state index is 11.4. The quantitative estimate of drug-likeness (QED) is 0.407. The van der Waals surface area contributed by atoms with Crippen molar-refractivity contribution in [1.82, 2.24) is 5.32 Å². The summed E-state index contributed by atoms with van der Waals surface area (Å²) in [5.74, 6) is -2.33. The number of amides is 1. The van der Waals surface area contributed by atoms with E-state index in [-0.39, 0.29) is 6.61 Å². The first-order valence-corrected chi connectivity index (χ1v) is 7.60. The third-order valence-electron chi connectivity index (χ3n) is 3.06. The lowest BCUT2D eigenvalue weighted by molar-refractivity contribution is -0.212. The summed E-state index contributed by atoms with van der Waals surface area (Å²) >= 11 is 6.11. The van der Waals surface area contributed by atoms with Crippen LogP contribution < -0.4 is 5.32 Å². The van der Waals surface area contributed by atoms with Crippen LogP contribution in [0.25, 0.3) is 0 Å². The van der Waals surface area contributed by atoms with Crippen molar-refractivity contribution >= 4 is 35.4 Å². The highest BCUT2D eigenvalue weighted by atomic mass is 35.5. The van der Waals surface area contributed by atoms with E-state index in [9.17, 15) is 19.2 Å². The molecule has 0 aromatic rings. The lowest BCUT2D eigenvalue weighted by Crippen LogP contribution is -2.64. The van der Waals surface area contributed by atoms with Crippen LogP contribution in [0, 0.1) is 0 Å². The van der Waals surface area contributed by atoms with Gasteiger partial charge < -0.3 is 24.3 Å². The molecule has 136 valence electrons. The lowest BCUT2D eigenvalue weighted by atomic mass is 9.97. The second-order valence-corrected chi connectivity index (χ2v) is 5.63. The van der Waals surface area contributed by atoms with Crippen LogP contribution in [-0.4, -0.2) is 60.3 Å². The van der Waals surface area contributed by atoms with Crippen LogP contribution in [0.2, 0.25) is 0 Å². The van der Waals surface area contributed by atoms with Crippen molar-refractivity contribution in [1.29, 1.82) is 0 Å². The van der Waals surface area contributed by atoms with Crippen LogP contribution in [-0.2, 0) is 38.1 Å². The molecule has 1 N–H and O–H groups in total. The summed E-state index contributed by atoms with van der Waals surface area (Å²) in [5.41, 5.74) is -1.09. The molecule has 0 spiro atoms. The summed E-state index contributed by atoms with van der Waals surface area (Å²) in [4.78, 5) is 45.2. The summed E-state index contributed by atoms with van der Waals surface area (Å²) < 4.78 is 20.7. The molecule has 1 saturated heterocycles. The number of hydrogen-bond acceptors (Lipinski definition) is 8. The average molecular weight is 366 g/mol. The Kier molecular flexibility index (Phi) is 7.43. The van der Waals surface area contributed by atoms with Crippen molar-refractivity contribution in [2.75, 3.05) is 6.61 Å². The maximum absolute atomic E-state index is 11.4. The first kappa shape index (κ1) is 20.2. The molecule has 0 aromatic heterocycles. The van der Waals surface area contributed by atoms with Crippen molar-refractivity contribution in [3.05, 3.63) is 0 Å². The lowest BCUT2D eigenvalue weighted by Gasteiger charge is -2.43. The van der Waals surface area contributed by atoms with Crippen LogP contribution in [0.3, 0.4) is 0 Å². The van der Waals surface area contributed by atoms with E-state index in [1.54, 1.807) is 0 Å². The third-order valence-corrected chi connectivity index (χ3v) is 3.43. The normalized spacial score (nSPS) is 29.3. The molecule has 1 fully saturated rings. The molecular weight excluding hydrogens is 346 g/mol. The Morgan fingerprint density at radius 3 is 1.96 bits per heavy atom. The summed E-state index contributed by atoms with van der Waals surface area (Å²) in [6, 6.07) is -0.953. The monoisotopic (exact) mass is 365 g/mol. The van der Waals surface area contributed by atoms with Gasteiger partial charge in [-0.05, 0) is 0 Å². The molecule has 1 aliphatic rings. The van der Waals surface area contributed by atoms with E-state index >= 15 is 0 Å². The second-order valence-electron chi connectivity index (χ2n) is 5.20. The number of halogens is 1. The number of rotatable bonds is 5. The SMILES string of the molecule is CC(=O)N[C@H]1[C@H](OC(C)=O)[C@H](OC(C)=O)[C@H](COC(C)=O)O[C@@H]1Cl. The highest BCUT2D eigenvalue weighted by Crippen LogP contribution is 2.28. The molecule has 1 rings (SSSR count). The first-order valence-electron chi connectivity index (χ1n) is 7.16. The molecule has 0 bridgehead atoms. The van der Waals surface area contributed by atoms with Crippen molar-refractivity contribution in [3.63, 3.8) is 0 Å². The Morgan fingerprint density at radius 2 is 1.50 bits per heavy atom. The number of ether oxygens (including phenoxy) is 4. The maximum Gasteiger partial charge on any atom is 0.303 e. The molecule has 0 unspecified atom stereocenters. The number of alkyl halides is 1. The molecule has 0 saturated carbocycles. The van der Waals surface area contributed by atoms with E-state index in [4.69, 9.17) is 30.5 Å². The fourth-order valence-corrected chi connectivity index (χ4v) is 2.62. The standard InChI is InChI=1S/C14H20ClNO8/c1-6(17)16-11-13(23-9(4)20)12(22-8(3)19)10(24-14(11)15)5-21-7(2)18/h10-14H,5H2,1-4H3,(H,16,17)/t10-,11-,12+,13-,14-/m0/s1. The van der Waals surface area contributed by atoms with E-state index in [1.807, 2.05) is 0 Å². The average Bonchev–Trinajstić information content (AvgIpc) is 2.42. The molecule has 0 radical (unpaired) electrons. The van der Waals surface area contributed by atoms with Crippen molar-refractivity contribution in [3.8, 4) is 0 Å². The Morgan fingerprint density at radius 1 is 0.958 bits per heavy atom. The molecule has 0 aliphatic carbocycles. The van der Waals surface area contributed by atoms with Gasteiger partial charge in [0.25, 0.3) is 0 Å². The van der Waals surface area contributed by atoms with Gasteiger partial charge in [0.2, 0.25) is 5.91 Å². The van der Waals surface area contributed by atoms with Gasteiger partial charge in [-0.1, -0.05) is 11.6 Å². The molecule has 1 amide bonds. The Hall–Kier alpha value is -1.87. The van der Waals surface area contributed by atoms with Crippen LogP contribution >= 0.6 is 11.6 Å². The van der Waals surface area contributed by atoms with Gasteiger partial charge in [0.05, 0.1) is 0 Å². The molecule has 5 atom stereocenters. The van der Waals surface area contributed by atoms with E-state index in [1.165, 1.54) is 13.8 Å². The number of hydrogen-bond donors (Lipinski definition) is 1. The van der Waals surface area contributed by atoms with E-state index in [0.717, 1.165) is 13.8 Å². The summed E-state index contributed by atoms with van der Waals surface area (Å²) in [5, 5.41) is 2.50. The molecule has 10 heteroatoms. The Bertz CT molecular complexity index is 511. The van der Waals surface area contributed by atoms with Gasteiger partial charge in [-0.15, -0.1) is 0 Å². The minimum Gasteiger partial charge on any atom is -0.463 e. The summed E-state index contributed by atoms with van der Waals surface area (Å²) in [6.07, 6.45) is -3.18. The number of nitrogens with one attached hydrogen (secondary N) is 1. The first-order chi connectivity index (χ1) is 11.1. The fourth-order valence-electron chi connectivity index (χ4n) is 2.28. The van der Waals surface area contributed by atoms with Gasteiger partial charge in [-0.2, -0.15) is 0 Å². The van der Waals surface area contributed by atoms with Gasteiger partial charge in [0.15, 0.2) is 17.8 Å². The van der Waals surface area contributed by atoms with E-state index in [2.05, 4.69) is 5.32 Å². The summed E-state index contributed by atoms with van der Waals surface area (Å²) in [6.45, 7) is 4.51. The van der Waals surface area contributed by atoms with Gasteiger partial charge in [-0.25, -0.2) is 0 Å². The zero-order valence-electron chi connectivity index (χ0n) is 13.7. The van der Waals surface area contributed by atoms with Gasteiger partial charge in [0.1, 0.15) is 18.8 Å². The predicted molar refractivity (Wildman–Crippen MR) is 79.9 cm³/mol. The predicted octanol–water partition coefficient (Wildman–Crippen LogP) is -0.119. The molecule has 24 heavy (non-hydrogen) atoms. The zero-order chi connectivity index (χ0) is 18.4. The molecule has 9 nitrogen and oxygen atoms in total. The van der Waals surface area contributed by atoms with Crippen molar-refractivity contribution in [2.24, 2.45) is 0 Å². The smallest absolute Gasteiger partial charge is 0.303 e. The molecule has 0 aromatic carbocycles. The summed E-state index contributed by atoms with van der Waals surface area (Å²) in [7, 11) is 0. The van der Waals surface area contributed by atoms with Gasteiger partial charge >= 0.3 is 17.9 Å². The van der Waals surface area contributed by atoms with Gasteiger partial charge in [-0.3, -0.25) is 19.2 Å². The minimum absolute atomic E-state index is 0.263. The van der Waals surface area contributed by atoms with Crippen molar-refractivity contribution in [2.45, 2.75) is 57.6 Å². The fraction of sp³-hybridized carbons (Fsp3) is 0.714. The largest absolute Gasteiger partial charge is 0.463 e. The molecule has 1 heterocycles.